The van der Waals surface area contributed by atoms with Gasteiger partial charge in [0.15, 0.2) is 9.84 Å². The van der Waals surface area contributed by atoms with Crippen LogP contribution < -0.4 is 0 Å². The van der Waals surface area contributed by atoms with E-state index in [-0.39, 0.29) is 12.2 Å². The highest BCUT2D eigenvalue weighted by Gasteiger charge is 2.15. The van der Waals surface area contributed by atoms with Crippen LogP contribution in [0.1, 0.15) is 31.2 Å². The maximum absolute atomic E-state index is 12.0. The molecule has 0 saturated carbocycles. The molecule has 1 rings (SSSR count). The number of aryl methyl sites for hydroxylation is 1. The van der Waals surface area contributed by atoms with E-state index >= 15 is 0 Å². The van der Waals surface area contributed by atoms with Crippen molar-refractivity contribution in [2.45, 2.75) is 37.5 Å². The van der Waals surface area contributed by atoms with Crippen molar-refractivity contribution >= 4 is 15.8 Å². The molecule has 0 bridgehead atoms. The quantitative estimate of drug-likeness (QED) is 0.772. The minimum absolute atomic E-state index is 0.0808. The number of unbranched alkanes of at least 4 members (excludes halogenated alkanes) is 2. The average molecular weight is 270 g/mol. The first-order valence-corrected chi connectivity index (χ1v) is 7.59. The Balaban J connectivity index is 2.51. The van der Waals surface area contributed by atoms with Crippen LogP contribution in [-0.4, -0.2) is 25.2 Å². The van der Waals surface area contributed by atoms with Gasteiger partial charge in [0.2, 0.25) is 0 Å². The van der Waals surface area contributed by atoms with Crippen LogP contribution in [0.2, 0.25) is 0 Å². The normalized spacial score (nSPS) is 11.4. The number of benzene rings is 1. The number of carbonyl (C=O) groups is 1. The lowest BCUT2D eigenvalue weighted by atomic mass is 10.2. The van der Waals surface area contributed by atoms with Gasteiger partial charge in [-0.1, -0.05) is 24.6 Å². The molecule has 1 N–H and O–H groups in total. The first-order chi connectivity index (χ1) is 8.43. The van der Waals surface area contributed by atoms with Crippen LogP contribution >= 0.6 is 0 Å². The number of carboxylic acid groups (broad SMARTS) is 1. The molecule has 100 valence electrons. The van der Waals surface area contributed by atoms with E-state index in [4.69, 9.17) is 5.11 Å². The fourth-order valence-electron chi connectivity index (χ4n) is 1.76. The molecule has 5 heteroatoms. The van der Waals surface area contributed by atoms with Crippen molar-refractivity contribution in [3.8, 4) is 0 Å². The maximum atomic E-state index is 12.0. The van der Waals surface area contributed by atoms with E-state index < -0.39 is 15.8 Å². The largest absolute Gasteiger partial charge is 0.481 e. The third kappa shape index (κ3) is 4.49. The zero-order valence-electron chi connectivity index (χ0n) is 10.4. The number of aliphatic carboxylic acids is 1. The highest BCUT2D eigenvalue weighted by molar-refractivity contribution is 7.91. The Labute approximate surface area is 108 Å². The van der Waals surface area contributed by atoms with E-state index in [2.05, 4.69) is 0 Å². The fraction of sp³-hybridized carbons (Fsp3) is 0.462. The predicted molar refractivity (Wildman–Crippen MR) is 69.3 cm³/mol. The molecule has 0 unspecified atom stereocenters. The Morgan fingerprint density at radius 1 is 1.17 bits per heavy atom. The second kappa shape index (κ2) is 6.54. The van der Waals surface area contributed by atoms with E-state index in [1.807, 2.05) is 0 Å². The molecular weight excluding hydrogens is 252 g/mol. The molecule has 4 nitrogen and oxygen atoms in total. The number of carboxylic acids is 1. The molecule has 0 saturated heterocycles. The zero-order chi connectivity index (χ0) is 13.6. The smallest absolute Gasteiger partial charge is 0.303 e. The summed E-state index contributed by atoms with van der Waals surface area (Å²) in [4.78, 5) is 10.7. The Morgan fingerprint density at radius 3 is 2.44 bits per heavy atom. The van der Waals surface area contributed by atoms with Crippen molar-refractivity contribution in [2.24, 2.45) is 0 Å². The molecule has 1 aromatic rings. The Bertz CT molecular complexity index is 505. The van der Waals surface area contributed by atoms with E-state index in [1.54, 1.807) is 31.2 Å². The topological polar surface area (TPSA) is 71.4 Å². The fourth-order valence-corrected chi connectivity index (χ4v) is 3.41. The third-order valence-corrected chi connectivity index (χ3v) is 4.69. The Kier molecular flexibility index (Phi) is 5.34. The van der Waals surface area contributed by atoms with Crippen molar-refractivity contribution in [1.29, 1.82) is 0 Å². The monoisotopic (exact) mass is 270 g/mol. The lowest BCUT2D eigenvalue weighted by Crippen LogP contribution is -2.08. The summed E-state index contributed by atoms with van der Waals surface area (Å²) in [7, 11) is -3.24. The molecular formula is C13H18O4S. The van der Waals surface area contributed by atoms with Crippen molar-refractivity contribution in [1.82, 2.24) is 0 Å². The minimum Gasteiger partial charge on any atom is -0.481 e. The minimum atomic E-state index is -3.24. The van der Waals surface area contributed by atoms with Crippen LogP contribution in [0.15, 0.2) is 29.2 Å². The van der Waals surface area contributed by atoms with Gasteiger partial charge in [0.05, 0.1) is 10.6 Å². The number of rotatable bonds is 7. The molecule has 0 fully saturated rings. The van der Waals surface area contributed by atoms with Gasteiger partial charge >= 0.3 is 5.97 Å². The van der Waals surface area contributed by atoms with Gasteiger partial charge in [-0.3, -0.25) is 4.79 Å². The summed E-state index contributed by atoms with van der Waals surface area (Å²) in [5, 5.41) is 8.47. The van der Waals surface area contributed by atoms with E-state index in [1.165, 1.54) is 0 Å². The molecule has 0 aliphatic heterocycles. The lowest BCUT2D eigenvalue weighted by Gasteiger charge is -2.06. The van der Waals surface area contributed by atoms with Gasteiger partial charge < -0.3 is 5.11 Å². The third-order valence-electron chi connectivity index (χ3n) is 2.73. The second-order valence-electron chi connectivity index (χ2n) is 4.29. The first kappa shape index (κ1) is 14.7. The van der Waals surface area contributed by atoms with Gasteiger partial charge in [0.25, 0.3) is 0 Å². The van der Waals surface area contributed by atoms with Gasteiger partial charge in [-0.25, -0.2) is 8.42 Å². The highest BCUT2D eigenvalue weighted by atomic mass is 32.2. The number of sulfone groups is 1. The Morgan fingerprint density at radius 2 is 1.83 bits per heavy atom. The van der Waals surface area contributed by atoms with Crippen molar-refractivity contribution in [3.63, 3.8) is 0 Å². The van der Waals surface area contributed by atoms with Gasteiger partial charge in [-0.05, 0) is 31.4 Å². The SMILES string of the molecule is Cc1ccccc1S(=O)(=O)CCCCCC(=O)O. The predicted octanol–water partition coefficient (Wildman–Crippen LogP) is 2.41. The second-order valence-corrected chi connectivity index (χ2v) is 6.37. The highest BCUT2D eigenvalue weighted by Crippen LogP contribution is 2.17. The molecule has 0 aromatic heterocycles. The van der Waals surface area contributed by atoms with Crippen LogP contribution in [-0.2, 0) is 14.6 Å². The van der Waals surface area contributed by atoms with Gasteiger partial charge in [-0.2, -0.15) is 0 Å². The Hall–Kier alpha value is -1.36. The first-order valence-electron chi connectivity index (χ1n) is 5.93. The van der Waals surface area contributed by atoms with Crippen LogP contribution in [0.25, 0.3) is 0 Å². The van der Waals surface area contributed by atoms with Crippen molar-refractivity contribution in [3.05, 3.63) is 29.8 Å². The summed E-state index contributed by atoms with van der Waals surface area (Å²) in [6.07, 6.45) is 1.75. The summed E-state index contributed by atoms with van der Waals surface area (Å²) in [5.74, 6) is -0.756. The van der Waals surface area contributed by atoms with Crippen LogP contribution in [0.3, 0.4) is 0 Å². The summed E-state index contributed by atoms with van der Waals surface area (Å²) in [6, 6.07) is 6.91. The van der Waals surface area contributed by atoms with Crippen molar-refractivity contribution in [2.75, 3.05) is 5.75 Å². The maximum Gasteiger partial charge on any atom is 0.303 e. The molecule has 1 aromatic carbocycles. The molecule has 0 amide bonds. The van der Waals surface area contributed by atoms with Crippen LogP contribution in [0.4, 0.5) is 0 Å². The summed E-state index contributed by atoms with van der Waals surface area (Å²) in [5.41, 5.74) is 0.753. The lowest BCUT2D eigenvalue weighted by molar-refractivity contribution is -0.137. The number of hydrogen-bond donors (Lipinski definition) is 1. The summed E-state index contributed by atoms with van der Waals surface area (Å²) >= 11 is 0. The van der Waals surface area contributed by atoms with Crippen molar-refractivity contribution < 1.29 is 18.3 Å². The van der Waals surface area contributed by atoms with Crippen LogP contribution in [0.5, 0.6) is 0 Å². The van der Waals surface area contributed by atoms with E-state index in [0.29, 0.717) is 24.2 Å². The molecule has 0 aliphatic rings. The summed E-state index contributed by atoms with van der Waals surface area (Å²) < 4.78 is 24.1. The van der Waals surface area contributed by atoms with E-state index in [9.17, 15) is 13.2 Å². The molecule has 0 radical (unpaired) electrons. The molecule has 0 spiro atoms. The standard InChI is InChI=1S/C13H18O4S/c1-11-7-4-5-8-12(11)18(16,17)10-6-2-3-9-13(14)15/h4-5,7-8H,2-3,6,9-10H2,1H3,(H,14,15). The zero-order valence-corrected chi connectivity index (χ0v) is 11.2. The summed E-state index contributed by atoms with van der Waals surface area (Å²) in [6.45, 7) is 1.78. The molecule has 0 atom stereocenters. The van der Waals surface area contributed by atoms with E-state index in [0.717, 1.165) is 5.56 Å². The molecule has 18 heavy (non-hydrogen) atoms. The number of hydrogen-bond acceptors (Lipinski definition) is 3. The van der Waals surface area contributed by atoms with Gasteiger partial charge in [0, 0.05) is 6.42 Å². The molecule has 0 heterocycles. The average Bonchev–Trinajstić information content (AvgIpc) is 2.28. The van der Waals surface area contributed by atoms with Gasteiger partial charge in [-0.15, -0.1) is 0 Å². The molecule has 0 aliphatic carbocycles. The van der Waals surface area contributed by atoms with Crippen LogP contribution in [0, 0.1) is 6.92 Å². The van der Waals surface area contributed by atoms with Gasteiger partial charge in [0.1, 0.15) is 0 Å².